The van der Waals surface area contributed by atoms with Crippen LogP contribution in [0.1, 0.15) is 21.6 Å². The van der Waals surface area contributed by atoms with Gasteiger partial charge in [-0.3, -0.25) is 25.0 Å². The lowest BCUT2D eigenvalue weighted by molar-refractivity contribution is -0.116. The van der Waals surface area contributed by atoms with Gasteiger partial charge >= 0.3 is 0 Å². The Morgan fingerprint density at radius 3 is 2.31 bits per heavy atom. The normalized spacial score (nSPS) is 11.3. The number of hydrogen-bond donors (Lipinski definition) is 5. The summed E-state index contributed by atoms with van der Waals surface area (Å²) < 4.78 is 0. The Kier molecular flexibility index (Phi) is 7.30. The summed E-state index contributed by atoms with van der Waals surface area (Å²) >= 11 is 0. The highest BCUT2D eigenvalue weighted by atomic mass is 16.2. The van der Waals surface area contributed by atoms with Gasteiger partial charge in [-0.05, 0) is 65.2 Å². The monoisotopic (exact) mass is 479 g/mol. The van der Waals surface area contributed by atoms with Crippen LogP contribution in [0, 0.1) is 5.41 Å². The first-order valence-electron chi connectivity index (χ1n) is 11.2. The number of carbonyl (C=O) groups is 2. The Morgan fingerprint density at radius 1 is 0.861 bits per heavy atom. The van der Waals surface area contributed by atoms with Gasteiger partial charge in [0.25, 0.3) is 5.91 Å². The summed E-state index contributed by atoms with van der Waals surface area (Å²) in [6.45, 7) is 0. The first-order valence-corrected chi connectivity index (χ1v) is 11.2. The number of amides is 2. The fraction of sp³-hybridized carbons (Fsp3) is 0.0741. The second-order valence-electron chi connectivity index (χ2n) is 8.11. The molecule has 2 heterocycles. The maximum atomic E-state index is 13.3. The molecule has 2 amide bonds. The number of nitrogens with zero attached hydrogens (tertiary/aromatic N) is 2. The van der Waals surface area contributed by atoms with Crippen LogP contribution in [0.5, 0.6) is 0 Å². The number of benzene rings is 2. The molecule has 2 aromatic heterocycles. The lowest BCUT2D eigenvalue weighted by Gasteiger charge is -2.20. The van der Waals surface area contributed by atoms with Crippen LogP contribution in [0.15, 0.2) is 91.4 Å². The number of nitrogen functional groups attached to an aromatic ring is 1. The molecule has 0 unspecified atom stereocenters. The third-order valence-corrected chi connectivity index (χ3v) is 5.52. The van der Waals surface area contributed by atoms with Crippen molar-refractivity contribution in [2.24, 2.45) is 11.5 Å². The van der Waals surface area contributed by atoms with Gasteiger partial charge in [-0.1, -0.05) is 24.3 Å². The molecule has 2 aromatic carbocycles. The second kappa shape index (κ2) is 10.9. The maximum absolute atomic E-state index is 13.3. The van der Waals surface area contributed by atoms with E-state index in [2.05, 4.69) is 20.6 Å². The zero-order chi connectivity index (χ0) is 25.5. The summed E-state index contributed by atoms with van der Waals surface area (Å²) in [5, 5.41) is 13.9. The van der Waals surface area contributed by atoms with Crippen LogP contribution in [0.4, 0.5) is 11.4 Å². The van der Waals surface area contributed by atoms with Crippen LogP contribution in [0.25, 0.3) is 11.1 Å². The van der Waals surface area contributed by atoms with Gasteiger partial charge in [0.2, 0.25) is 5.91 Å². The van der Waals surface area contributed by atoms with E-state index < -0.39 is 11.9 Å². The number of primary amides is 1. The zero-order valence-corrected chi connectivity index (χ0v) is 19.3. The van der Waals surface area contributed by atoms with E-state index in [0.717, 1.165) is 16.7 Å². The Hall–Kier alpha value is -5.05. The van der Waals surface area contributed by atoms with Crippen molar-refractivity contribution in [1.29, 1.82) is 5.41 Å². The first-order chi connectivity index (χ1) is 17.4. The van der Waals surface area contributed by atoms with Gasteiger partial charge < -0.3 is 22.1 Å². The molecule has 9 heteroatoms. The van der Waals surface area contributed by atoms with E-state index in [0.29, 0.717) is 23.4 Å². The first kappa shape index (κ1) is 24.1. The van der Waals surface area contributed by atoms with E-state index in [9.17, 15) is 9.59 Å². The predicted octanol–water partition coefficient (Wildman–Crippen LogP) is 3.19. The standard InChI is InChI=1S/C27H25N7O2/c28-25(29)20-2-1-3-22(15-20)33-24(14-17-8-11-31-12-9-17)27(36)34-21-6-4-18(5-7-21)19-10-13-32-23(16-19)26(30)35/h1-13,15-16,24,33H,14H2,(H3,28,29)(H2,30,35)(H,34,36)/t24-/m0/s1. The summed E-state index contributed by atoms with van der Waals surface area (Å²) in [6.07, 6.45) is 5.31. The van der Waals surface area contributed by atoms with Crippen molar-refractivity contribution in [3.05, 3.63) is 108 Å². The summed E-state index contributed by atoms with van der Waals surface area (Å²) in [5.41, 5.74) is 15.6. The number of rotatable bonds is 9. The molecule has 0 bridgehead atoms. The van der Waals surface area contributed by atoms with Crippen LogP contribution in [-0.4, -0.2) is 33.7 Å². The molecule has 0 fully saturated rings. The average Bonchev–Trinajstić information content (AvgIpc) is 2.89. The van der Waals surface area contributed by atoms with Gasteiger partial charge in [0.15, 0.2) is 0 Å². The Balaban J connectivity index is 1.53. The molecule has 7 N–H and O–H groups in total. The van der Waals surface area contributed by atoms with Crippen molar-refractivity contribution in [2.45, 2.75) is 12.5 Å². The van der Waals surface area contributed by atoms with E-state index in [4.69, 9.17) is 16.9 Å². The molecule has 4 rings (SSSR count). The molecule has 0 aliphatic heterocycles. The number of pyridine rings is 2. The number of hydrogen-bond acceptors (Lipinski definition) is 6. The summed E-state index contributed by atoms with van der Waals surface area (Å²) in [7, 11) is 0. The Bertz CT molecular complexity index is 1390. The van der Waals surface area contributed by atoms with E-state index in [1.165, 1.54) is 6.20 Å². The highest BCUT2D eigenvalue weighted by Gasteiger charge is 2.20. The van der Waals surface area contributed by atoms with Gasteiger partial charge in [-0.2, -0.15) is 0 Å². The minimum Gasteiger partial charge on any atom is -0.384 e. The van der Waals surface area contributed by atoms with E-state index in [1.807, 2.05) is 30.3 Å². The fourth-order valence-electron chi connectivity index (χ4n) is 3.66. The van der Waals surface area contributed by atoms with E-state index in [1.54, 1.807) is 54.9 Å². The molecule has 36 heavy (non-hydrogen) atoms. The van der Waals surface area contributed by atoms with Crippen molar-refractivity contribution < 1.29 is 9.59 Å². The summed E-state index contributed by atoms with van der Waals surface area (Å²) in [5.74, 6) is -0.874. The molecule has 4 aromatic rings. The van der Waals surface area contributed by atoms with Crippen LogP contribution >= 0.6 is 0 Å². The number of carbonyl (C=O) groups excluding carboxylic acids is 2. The largest absolute Gasteiger partial charge is 0.384 e. The van der Waals surface area contributed by atoms with Crippen molar-refractivity contribution in [1.82, 2.24) is 9.97 Å². The van der Waals surface area contributed by atoms with Crippen molar-refractivity contribution in [3.63, 3.8) is 0 Å². The number of anilines is 2. The lowest BCUT2D eigenvalue weighted by atomic mass is 10.0. The van der Waals surface area contributed by atoms with Crippen molar-refractivity contribution in [3.8, 4) is 11.1 Å². The minimum absolute atomic E-state index is 0.0500. The van der Waals surface area contributed by atoms with Crippen molar-refractivity contribution in [2.75, 3.05) is 10.6 Å². The predicted molar refractivity (Wildman–Crippen MR) is 140 cm³/mol. The quantitative estimate of drug-likeness (QED) is 0.183. The Labute approximate surface area is 208 Å². The van der Waals surface area contributed by atoms with Gasteiger partial charge in [0.1, 0.15) is 17.6 Å². The molecule has 0 radical (unpaired) electrons. The number of aromatic nitrogens is 2. The molecule has 0 aliphatic rings. The molecular weight excluding hydrogens is 454 g/mol. The van der Waals surface area contributed by atoms with Gasteiger partial charge in [-0.15, -0.1) is 0 Å². The SMILES string of the molecule is N=C(N)c1cccc(N[C@@H](Cc2ccncc2)C(=O)Nc2ccc(-c3ccnc(C(N)=O)c3)cc2)c1. The summed E-state index contributed by atoms with van der Waals surface area (Å²) in [6, 6.07) is 20.9. The molecular formula is C27H25N7O2. The van der Waals surface area contributed by atoms with Gasteiger partial charge in [0.05, 0.1) is 0 Å². The van der Waals surface area contributed by atoms with Crippen molar-refractivity contribution >= 4 is 29.0 Å². The number of amidine groups is 1. The van der Waals surface area contributed by atoms with E-state index >= 15 is 0 Å². The highest BCUT2D eigenvalue weighted by molar-refractivity contribution is 5.98. The summed E-state index contributed by atoms with van der Waals surface area (Å²) in [4.78, 5) is 32.7. The van der Waals surface area contributed by atoms with Gasteiger partial charge in [-0.25, -0.2) is 0 Å². The third-order valence-electron chi connectivity index (χ3n) is 5.52. The van der Waals surface area contributed by atoms with Crippen LogP contribution in [0.3, 0.4) is 0 Å². The third kappa shape index (κ3) is 6.09. The lowest BCUT2D eigenvalue weighted by Crippen LogP contribution is -2.36. The van der Waals surface area contributed by atoms with Crippen LogP contribution < -0.4 is 22.1 Å². The molecule has 0 spiro atoms. The molecule has 9 nitrogen and oxygen atoms in total. The molecule has 0 saturated heterocycles. The second-order valence-corrected chi connectivity index (χ2v) is 8.11. The molecule has 180 valence electrons. The average molecular weight is 480 g/mol. The molecule has 0 saturated carbocycles. The Morgan fingerprint density at radius 2 is 1.61 bits per heavy atom. The minimum atomic E-state index is -0.604. The highest BCUT2D eigenvalue weighted by Crippen LogP contribution is 2.22. The molecule has 0 aliphatic carbocycles. The number of nitrogens with one attached hydrogen (secondary N) is 3. The van der Waals surface area contributed by atoms with Crippen LogP contribution in [-0.2, 0) is 11.2 Å². The van der Waals surface area contributed by atoms with E-state index in [-0.39, 0.29) is 17.4 Å². The maximum Gasteiger partial charge on any atom is 0.267 e. The van der Waals surface area contributed by atoms with Crippen LogP contribution in [0.2, 0.25) is 0 Å². The topological polar surface area (TPSA) is 160 Å². The number of nitrogens with two attached hydrogens (primary N) is 2. The van der Waals surface area contributed by atoms with Gasteiger partial charge in [0, 0.05) is 41.9 Å². The fourth-order valence-corrected chi connectivity index (χ4v) is 3.66. The molecule has 1 atom stereocenters. The smallest absolute Gasteiger partial charge is 0.267 e. The zero-order valence-electron chi connectivity index (χ0n) is 19.3.